The van der Waals surface area contributed by atoms with Gasteiger partial charge in [-0.05, 0) is 42.5 Å². The minimum Gasteiger partial charge on any atom is -0.478 e. The summed E-state index contributed by atoms with van der Waals surface area (Å²) in [6.45, 7) is 1.48. The van der Waals surface area contributed by atoms with E-state index in [9.17, 15) is 9.59 Å². The van der Waals surface area contributed by atoms with E-state index >= 15 is 0 Å². The summed E-state index contributed by atoms with van der Waals surface area (Å²) in [5.41, 5.74) is 1.49. The third-order valence-electron chi connectivity index (χ3n) is 4.47. The maximum absolute atomic E-state index is 12.6. The molecule has 130 valence electrons. The highest BCUT2D eigenvalue weighted by Gasteiger charge is 2.23. The Hall–Kier alpha value is -2.66. The van der Waals surface area contributed by atoms with Gasteiger partial charge in [-0.15, -0.1) is 0 Å². The van der Waals surface area contributed by atoms with Crippen molar-refractivity contribution < 1.29 is 19.4 Å². The highest BCUT2D eigenvalue weighted by molar-refractivity contribution is 5.97. The Balaban J connectivity index is 1.78. The summed E-state index contributed by atoms with van der Waals surface area (Å²) in [7, 11) is 0. The van der Waals surface area contributed by atoms with E-state index in [1.807, 2.05) is 30.3 Å². The molecule has 2 atom stereocenters. The van der Waals surface area contributed by atoms with Gasteiger partial charge in [-0.25, -0.2) is 4.79 Å². The number of carbonyl (C=O) groups excluding carboxylic acids is 1. The van der Waals surface area contributed by atoms with Crippen LogP contribution in [0.25, 0.3) is 0 Å². The molecule has 0 spiro atoms. The van der Waals surface area contributed by atoms with Crippen molar-refractivity contribution in [2.75, 3.05) is 13.2 Å². The molecule has 25 heavy (non-hydrogen) atoms. The number of carboxylic acid groups (broad SMARTS) is 1. The van der Waals surface area contributed by atoms with E-state index in [1.165, 1.54) is 12.1 Å². The van der Waals surface area contributed by atoms with Gasteiger partial charge in [-0.2, -0.15) is 0 Å². The molecule has 0 aromatic heterocycles. The summed E-state index contributed by atoms with van der Waals surface area (Å²) in [6.07, 6.45) is 1.79. The number of rotatable bonds is 6. The Labute approximate surface area is 146 Å². The van der Waals surface area contributed by atoms with Crippen LogP contribution in [-0.2, 0) is 4.74 Å². The standard InChI is InChI=1S/C20H21NO4/c22-19(16-7-4-8-17(12-16)20(23)24)21-18(11-14-9-10-25-13-14)15-5-2-1-3-6-15/h1-8,12,14,18H,9-11,13H2,(H,21,22)(H,23,24). The molecule has 1 aliphatic heterocycles. The van der Waals surface area contributed by atoms with Crippen molar-refractivity contribution >= 4 is 11.9 Å². The van der Waals surface area contributed by atoms with Gasteiger partial charge in [0.05, 0.1) is 11.6 Å². The zero-order valence-corrected chi connectivity index (χ0v) is 13.9. The van der Waals surface area contributed by atoms with Gasteiger partial charge in [-0.1, -0.05) is 36.4 Å². The van der Waals surface area contributed by atoms with Gasteiger partial charge in [0.1, 0.15) is 0 Å². The van der Waals surface area contributed by atoms with Crippen molar-refractivity contribution in [1.29, 1.82) is 0 Å². The van der Waals surface area contributed by atoms with E-state index in [2.05, 4.69) is 5.32 Å². The second kappa shape index (κ2) is 7.94. The maximum Gasteiger partial charge on any atom is 0.335 e. The Kier molecular flexibility index (Phi) is 5.46. The van der Waals surface area contributed by atoms with E-state index in [0.29, 0.717) is 18.1 Å². The van der Waals surface area contributed by atoms with E-state index in [0.717, 1.165) is 25.0 Å². The lowest BCUT2D eigenvalue weighted by Crippen LogP contribution is -2.30. The normalized spacial score (nSPS) is 17.8. The van der Waals surface area contributed by atoms with Gasteiger partial charge in [0.15, 0.2) is 0 Å². The second-order valence-corrected chi connectivity index (χ2v) is 6.29. The molecule has 0 aliphatic carbocycles. The minimum absolute atomic E-state index is 0.105. The summed E-state index contributed by atoms with van der Waals surface area (Å²) >= 11 is 0. The fourth-order valence-electron chi connectivity index (χ4n) is 3.10. The van der Waals surface area contributed by atoms with Crippen LogP contribution in [0.5, 0.6) is 0 Å². The number of aromatic carboxylic acids is 1. The molecule has 2 unspecified atom stereocenters. The van der Waals surface area contributed by atoms with Crippen LogP contribution >= 0.6 is 0 Å². The van der Waals surface area contributed by atoms with E-state index < -0.39 is 5.97 Å². The molecular weight excluding hydrogens is 318 g/mol. The van der Waals surface area contributed by atoms with Crippen molar-refractivity contribution in [2.24, 2.45) is 5.92 Å². The van der Waals surface area contributed by atoms with Gasteiger partial charge in [-0.3, -0.25) is 4.79 Å². The number of carbonyl (C=O) groups is 2. The first-order valence-electron chi connectivity index (χ1n) is 8.40. The van der Waals surface area contributed by atoms with Gasteiger partial charge in [0.25, 0.3) is 5.91 Å². The molecule has 0 bridgehead atoms. The quantitative estimate of drug-likeness (QED) is 0.847. The molecule has 1 heterocycles. The number of benzene rings is 2. The fraction of sp³-hybridized carbons (Fsp3) is 0.300. The smallest absolute Gasteiger partial charge is 0.335 e. The molecule has 0 saturated carbocycles. The van der Waals surface area contributed by atoms with E-state index in [4.69, 9.17) is 9.84 Å². The molecule has 1 saturated heterocycles. The van der Waals surface area contributed by atoms with E-state index in [1.54, 1.807) is 12.1 Å². The van der Waals surface area contributed by atoms with Crippen molar-refractivity contribution in [3.63, 3.8) is 0 Å². The largest absolute Gasteiger partial charge is 0.478 e. The van der Waals surface area contributed by atoms with Crippen LogP contribution in [0.2, 0.25) is 0 Å². The number of hydrogen-bond donors (Lipinski definition) is 2. The molecule has 3 rings (SSSR count). The lowest BCUT2D eigenvalue weighted by atomic mass is 9.94. The molecule has 1 aliphatic rings. The number of ether oxygens (including phenoxy) is 1. The van der Waals surface area contributed by atoms with E-state index in [-0.39, 0.29) is 17.5 Å². The maximum atomic E-state index is 12.6. The minimum atomic E-state index is -1.04. The van der Waals surface area contributed by atoms with Crippen molar-refractivity contribution in [3.05, 3.63) is 71.3 Å². The monoisotopic (exact) mass is 339 g/mol. The Bertz CT molecular complexity index is 738. The molecule has 2 aromatic carbocycles. The van der Waals surface area contributed by atoms with Crippen LogP contribution in [-0.4, -0.2) is 30.2 Å². The van der Waals surface area contributed by atoms with Crippen molar-refractivity contribution in [2.45, 2.75) is 18.9 Å². The lowest BCUT2D eigenvalue weighted by molar-refractivity contribution is 0.0697. The van der Waals surface area contributed by atoms with Crippen molar-refractivity contribution in [1.82, 2.24) is 5.32 Å². The summed E-state index contributed by atoms with van der Waals surface area (Å²) in [6, 6.07) is 15.8. The first-order valence-corrected chi connectivity index (χ1v) is 8.40. The number of nitrogens with one attached hydrogen (secondary N) is 1. The number of carboxylic acids is 1. The average Bonchev–Trinajstić information content (AvgIpc) is 3.15. The zero-order valence-electron chi connectivity index (χ0n) is 13.9. The highest BCUT2D eigenvalue weighted by Crippen LogP contribution is 2.27. The topological polar surface area (TPSA) is 75.6 Å². The SMILES string of the molecule is O=C(O)c1cccc(C(=O)NC(CC2CCOC2)c2ccccc2)c1. The van der Waals surface area contributed by atoms with Gasteiger partial charge in [0.2, 0.25) is 0 Å². The number of amides is 1. The summed E-state index contributed by atoms with van der Waals surface area (Å²) in [5.74, 6) is -0.899. The first-order chi connectivity index (χ1) is 12.1. The Morgan fingerprint density at radius 2 is 1.88 bits per heavy atom. The molecule has 5 heteroatoms. The summed E-state index contributed by atoms with van der Waals surface area (Å²) < 4.78 is 5.45. The molecule has 2 N–H and O–H groups in total. The average molecular weight is 339 g/mol. The molecule has 1 fully saturated rings. The number of hydrogen-bond acceptors (Lipinski definition) is 3. The molecular formula is C20H21NO4. The van der Waals surface area contributed by atoms with Crippen LogP contribution < -0.4 is 5.32 Å². The highest BCUT2D eigenvalue weighted by atomic mass is 16.5. The first kappa shape index (κ1) is 17.2. The van der Waals surface area contributed by atoms with Crippen LogP contribution in [0.4, 0.5) is 0 Å². The Morgan fingerprint density at radius 3 is 2.56 bits per heavy atom. The third kappa shape index (κ3) is 4.45. The van der Waals surface area contributed by atoms with Crippen LogP contribution in [0.3, 0.4) is 0 Å². The Morgan fingerprint density at radius 1 is 1.12 bits per heavy atom. The third-order valence-corrected chi connectivity index (χ3v) is 4.47. The molecule has 0 radical (unpaired) electrons. The zero-order chi connectivity index (χ0) is 17.6. The van der Waals surface area contributed by atoms with Crippen LogP contribution in [0, 0.1) is 5.92 Å². The van der Waals surface area contributed by atoms with Gasteiger partial charge in [0, 0.05) is 18.8 Å². The van der Waals surface area contributed by atoms with Gasteiger partial charge >= 0.3 is 5.97 Å². The van der Waals surface area contributed by atoms with Crippen LogP contribution in [0.1, 0.15) is 45.2 Å². The van der Waals surface area contributed by atoms with Gasteiger partial charge < -0.3 is 15.2 Å². The predicted octanol–water partition coefficient (Wildman–Crippen LogP) is 3.28. The predicted molar refractivity (Wildman–Crippen MR) is 93.6 cm³/mol. The summed E-state index contributed by atoms with van der Waals surface area (Å²) in [4.78, 5) is 23.7. The molecule has 2 aromatic rings. The van der Waals surface area contributed by atoms with Crippen molar-refractivity contribution in [3.8, 4) is 0 Å². The fourth-order valence-corrected chi connectivity index (χ4v) is 3.10. The molecule has 5 nitrogen and oxygen atoms in total. The molecule has 1 amide bonds. The lowest BCUT2D eigenvalue weighted by Gasteiger charge is -2.22. The second-order valence-electron chi connectivity index (χ2n) is 6.29. The summed E-state index contributed by atoms with van der Waals surface area (Å²) in [5, 5.41) is 12.2. The van der Waals surface area contributed by atoms with Crippen LogP contribution in [0.15, 0.2) is 54.6 Å².